The van der Waals surface area contributed by atoms with Gasteiger partial charge >= 0.3 is 0 Å². The Kier molecular flexibility index (Phi) is 20.7. The monoisotopic (exact) mass is 484 g/mol. The van der Waals surface area contributed by atoms with E-state index in [0.29, 0.717) is 0 Å². The molecule has 0 nitrogen and oxygen atoms in total. The third-order valence-electron chi connectivity index (χ3n) is 5.34. The highest BCUT2D eigenvalue weighted by Gasteiger charge is 2.19. The van der Waals surface area contributed by atoms with Crippen molar-refractivity contribution in [2.45, 2.75) is 130 Å². The van der Waals surface area contributed by atoms with Crippen molar-refractivity contribution in [3.63, 3.8) is 0 Å². The lowest BCUT2D eigenvalue weighted by Crippen LogP contribution is -2.08. The Morgan fingerprint density at radius 1 is 0.400 bits per heavy atom. The van der Waals surface area contributed by atoms with Crippen LogP contribution in [0.2, 0.25) is 0 Å². The molecule has 0 atom stereocenters. The van der Waals surface area contributed by atoms with E-state index in [1.807, 2.05) is 0 Å². The van der Waals surface area contributed by atoms with Crippen molar-refractivity contribution >= 4 is 28.4 Å². The van der Waals surface area contributed by atoms with Crippen LogP contribution in [0, 0.1) is 0 Å². The van der Waals surface area contributed by atoms with Gasteiger partial charge in [0.1, 0.15) is 0 Å². The van der Waals surface area contributed by atoms with Crippen molar-refractivity contribution in [2.24, 2.45) is 0 Å². The van der Waals surface area contributed by atoms with E-state index < -0.39 is 0 Å². The summed E-state index contributed by atoms with van der Waals surface area (Å²) in [5.41, 5.74) is 0. The number of hydrogen-bond acceptors (Lipinski definition) is 0. The summed E-state index contributed by atoms with van der Waals surface area (Å²) >= 11 is 2.95. The Morgan fingerprint density at radius 3 is 0.920 bits per heavy atom. The van der Waals surface area contributed by atoms with E-state index in [1.165, 1.54) is 109 Å². The maximum atomic E-state index is 2.95. The van der Waals surface area contributed by atoms with Crippen LogP contribution in [0.3, 0.4) is 0 Å². The average molecular weight is 485 g/mol. The molecule has 0 heterocycles. The highest BCUT2D eigenvalue weighted by molar-refractivity contribution is 14.2. The van der Waals surface area contributed by atoms with Gasteiger partial charge in [0.25, 0.3) is 0 Å². The second-order valence-corrected chi connectivity index (χ2v) is 16.7. The zero-order valence-corrected chi connectivity index (χ0v) is 20.9. The second kappa shape index (κ2) is 19.8. The molecule has 25 heavy (non-hydrogen) atoms. The molecule has 0 amide bonds. The van der Waals surface area contributed by atoms with E-state index in [1.54, 1.807) is 17.3 Å². The molecule has 0 aromatic rings. The molecule has 0 aliphatic carbocycles. The minimum absolute atomic E-state index is 0.341. The molecule has 0 spiro atoms. The standard InChI is InChI=1S/C23H49IS/c1-4-7-10-13-14-17-20-23-25(24,21-18-15-11-8-5-2)22-19-16-12-9-6-3/h4-23H2,1-3H3. The van der Waals surface area contributed by atoms with Crippen LogP contribution in [0.4, 0.5) is 0 Å². The van der Waals surface area contributed by atoms with Crippen LogP contribution in [0.5, 0.6) is 0 Å². The van der Waals surface area contributed by atoms with E-state index in [2.05, 4.69) is 42.0 Å². The fourth-order valence-electron chi connectivity index (χ4n) is 3.55. The van der Waals surface area contributed by atoms with E-state index >= 15 is 0 Å². The fraction of sp³-hybridized carbons (Fsp3) is 1.00. The van der Waals surface area contributed by atoms with Gasteiger partial charge in [-0.2, -0.15) is 7.20 Å². The van der Waals surface area contributed by atoms with Gasteiger partial charge in [-0.1, -0.05) is 111 Å². The lowest BCUT2D eigenvalue weighted by molar-refractivity contribution is 0.603. The van der Waals surface area contributed by atoms with E-state index in [9.17, 15) is 0 Å². The largest absolute Gasteiger partial charge is 0.187 e. The molecular formula is C23H49IS. The lowest BCUT2D eigenvalue weighted by atomic mass is 10.1. The number of hydrogen-bond donors (Lipinski definition) is 0. The van der Waals surface area contributed by atoms with Crippen molar-refractivity contribution < 1.29 is 0 Å². The van der Waals surface area contributed by atoms with Gasteiger partial charge < -0.3 is 0 Å². The summed E-state index contributed by atoms with van der Waals surface area (Å²) < 4.78 is 0. The quantitative estimate of drug-likeness (QED) is 0.119. The highest BCUT2D eigenvalue weighted by Crippen LogP contribution is 2.58. The zero-order chi connectivity index (χ0) is 18.6. The summed E-state index contributed by atoms with van der Waals surface area (Å²) in [7, 11) is -0.341. The fourth-order valence-corrected chi connectivity index (χ4v) is 9.13. The Morgan fingerprint density at radius 2 is 0.640 bits per heavy atom. The molecular weight excluding hydrogens is 435 g/mol. The predicted octanol–water partition coefficient (Wildman–Crippen LogP) is 9.83. The third-order valence-corrected chi connectivity index (χ3v) is 12.4. The topological polar surface area (TPSA) is 0 Å². The first-order valence-electron chi connectivity index (χ1n) is 11.6. The smallest absolute Gasteiger partial charge is 0.0144 e. The number of unbranched alkanes of at least 4 members (excludes halogenated alkanes) is 14. The summed E-state index contributed by atoms with van der Waals surface area (Å²) in [6.07, 6.45) is 24.8. The number of halogens is 1. The molecule has 2 heteroatoms. The maximum absolute atomic E-state index is 2.95. The van der Waals surface area contributed by atoms with Crippen LogP contribution in [-0.4, -0.2) is 17.3 Å². The molecule has 0 bridgehead atoms. The van der Waals surface area contributed by atoms with Crippen molar-refractivity contribution in [3.05, 3.63) is 0 Å². The molecule has 0 aliphatic heterocycles. The Balaban J connectivity index is 3.99. The predicted molar refractivity (Wildman–Crippen MR) is 132 cm³/mol. The molecule has 0 unspecified atom stereocenters. The highest BCUT2D eigenvalue weighted by atomic mass is 127. The Labute approximate surface area is 175 Å². The molecule has 154 valence electrons. The summed E-state index contributed by atoms with van der Waals surface area (Å²) in [6, 6.07) is 0. The van der Waals surface area contributed by atoms with E-state index in [4.69, 9.17) is 0 Å². The first kappa shape index (κ1) is 26.1. The first-order chi connectivity index (χ1) is 12.2. The molecule has 0 N–H and O–H groups in total. The molecule has 0 saturated heterocycles. The van der Waals surface area contributed by atoms with Gasteiger partial charge in [0.2, 0.25) is 0 Å². The number of rotatable bonds is 20. The van der Waals surface area contributed by atoms with Crippen molar-refractivity contribution in [1.29, 1.82) is 0 Å². The molecule has 0 aromatic carbocycles. The normalized spacial score (nSPS) is 12.6. The van der Waals surface area contributed by atoms with Gasteiger partial charge in [-0.25, -0.2) is 0 Å². The van der Waals surface area contributed by atoms with E-state index in [0.717, 1.165) is 0 Å². The molecule has 0 fully saturated rings. The van der Waals surface area contributed by atoms with Crippen molar-refractivity contribution in [2.75, 3.05) is 17.3 Å². The first-order valence-corrected chi connectivity index (χ1v) is 16.3. The Hall–Kier alpha value is 1.08. The van der Waals surface area contributed by atoms with Crippen LogP contribution in [0.25, 0.3) is 0 Å². The maximum Gasteiger partial charge on any atom is -0.0144 e. The molecule has 0 rings (SSSR count). The molecule has 0 aliphatic rings. The van der Waals surface area contributed by atoms with E-state index in [-0.39, 0.29) is 7.20 Å². The molecule has 0 aromatic heterocycles. The molecule has 0 saturated carbocycles. The van der Waals surface area contributed by atoms with Gasteiger partial charge in [-0.05, 0) is 57.7 Å². The van der Waals surface area contributed by atoms with Crippen LogP contribution >= 0.6 is 28.4 Å². The summed E-state index contributed by atoms with van der Waals surface area (Å²) in [6.45, 7) is 6.96. The van der Waals surface area contributed by atoms with Gasteiger partial charge in [0.15, 0.2) is 0 Å². The zero-order valence-electron chi connectivity index (χ0n) is 17.9. The molecule has 0 radical (unpaired) electrons. The summed E-state index contributed by atoms with van der Waals surface area (Å²) in [5.74, 6) is 4.67. The van der Waals surface area contributed by atoms with Gasteiger partial charge in [-0.3, -0.25) is 0 Å². The van der Waals surface area contributed by atoms with Gasteiger partial charge in [0.05, 0.1) is 0 Å². The third kappa shape index (κ3) is 18.2. The summed E-state index contributed by atoms with van der Waals surface area (Å²) in [5, 5.41) is 0. The Bertz CT molecular complexity index is 240. The van der Waals surface area contributed by atoms with Crippen LogP contribution in [-0.2, 0) is 0 Å². The lowest BCUT2D eigenvalue weighted by Gasteiger charge is -2.34. The van der Waals surface area contributed by atoms with Crippen LogP contribution in [0.1, 0.15) is 130 Å². The van der Waals surface area contributed by atoms with Crippen LogP contribution in [0.15, 0.2) is 0 Å². The summed E-state index contributed by atoms with van der Waals surface area (Å²) in [4.78, 5) is 0. The SMILES string of the molecule is CCCCCCCCCS(I)(CCCCCCC)CCCCCCC. The average Bonchev–Trinajstić information content (AvgIpc) is 2.61. The minimum atomic E-state index is -0.341. The van der Waals surface area contributed by atoms with Crippen molar-refractivity contribution in [3.8, 4) is 0 Å². The van der Waals surface area contributed by atoms with Crippen molar-refractivity contribution in [1.82, 2.24) is 0 Å². The second-order valence-electron chi connectivity index (χ2n) is 8.00. The van der Waals surface area contributed by atoms with Gasteiger partial charge in [-0.15, -0.1) is 0 Å². The van der Waals surface area contributed by atoms with Crippen LogP contribution < -0.4 is 0 Å². The van der Waals surface area contributed by atoms with Gasteiger partial charge in [0, 0.05) is 0 Å². The minimum Gasteiger partial charge on any atom is -0.187 e.